The molecule has 4 rings (SSSR count). The number of piperazine rings is 1. The second-order valence-electron chi connectivity index (χ2n) is 7.44. The van der Waals surface area contributed by atoms with Crippen molar-refractivity contribution in [2.75, 3.05) is 45.8 Å². The third kappa shape index (κ3) is 3.75. The van der Waals surface area contributed by atoms with Crippen molar-refractivity contribution in [1.29, 1.82) is 0 Å². The number of carbonyl (C=O) groups excluding carboxylic acids is 1. The number of hydrogen-bond donors (Lipinski definition) is 2. The Morgan fingerprint density at radius 3 is 2.62 bits per heavy atom. The van der Waals surface area contributed by atoms with Gasteiger partial charge in [-0.25, -0.2) is 0 Å². The molecular formula is C21H27N3O2. The predicted molar refractivity (Wildman–Crippen MR) is 103 cm³/mol. The summed E-state index contributed by atoms with van der Waals surface area (Å²) < 4.78 is 0. The average Bonchev–Trinajstić information content (AvgIpc) is 2.68. The zero-order valence-corrected chi connectivity index (χ0v) is 15.1. The molecule has 2 N–H and O–H groups in total. The van der Waals surface area contributed by atoms with Crippen LogP contribution in [-0.2, 0) is 4.79 Å². The van der Waals surface area contributed by atoms with Crippen molar-refractivity contribution in [3.8, 4) is 0 Å². The molecule has 26 heavy (non-hydrogen) atoms. The van der Waals surface area contributed by atoms with E-state index in [4.69, 9.17) is 0 Å². The normalized spacial score (nSPS) is 24.7. The Morgan fingerprint density at radius 2 is 1.85 bits per heavy atom. The van der Waals surface area contributed by atoms with E-state index in [0.717, 1.165) is 39.1 Å². The summed E-state index contributed by atoms with van der Waals surface area (Å²) in [4.78, 5) is 16.6. The van der Waals surface area contributed by atoms with E-state index in [0.29, 0.717) is 13.1 Å². The van der Waals surface area contributed by atoms with Crippen LogP contribution in [0.25, 0.3) is 10.8 Å². The highest BCUT2D eigenvalue weighted by Crippen LogP contribution is 2.30. The van der Waals surface area contributed by atoms with Crippen LogP contribution in [0.4, 0.5) is 0 Å². The Kier molecular flexibility index (Phi) is 5.20. The van der Waals surface area contributed by atoms with Gasteiger partial charge < -0.3 is 15.3 Å². The van der Waals surface area contributed by atoms with Gasteiger partial charge in [-0.15, -0.1) is 0 Å². The largest absolute Gasteiger partial charge is 0.391 e. The number of aliphatic hydroxyl groups is 1. The lowest BCUT2D eigenvalue weighted by Crippen LogP contribution is -2.51. The van der Waals surface area contributed by atoms with Crippen LogP contribution in [0.5, 0.6) is 0 Å². The zero-order valence-electron chi connectivity index (χ0n) is 15.1. The molecule has 2 aromatic rings. The Bertz CT molecular complexity index is 773. The fourth-order valence-electron chi connectivity index (χ4n) is 4.15. The summed E-state index contributed by atoms with van der Waals surface area (Å²) in [6.45, 7) is 5.35. The number of nitrogens with zero attached hydrogens (tertiary/aromatic N) is 2. The molecule has 0 spiro atoms. The molecule has 0 bridgehead atoms. The maximum Gasteiger partial charge on any atom is 0.236 e. The Balaban J connectivity index is 1.40. The van der Waals surface area contributed by atoms with Crippen molar-refractivity contribution >= 4 is 16.7 Å². The summed E-state index contributed by atoms with van der Waals surface area (Å²) in [6, 6.07) is 14.7. The molecule has 0 aliphatic carbocycles. The number of β-amino-alcohol motifs (C(OH)–C–C–N with tert-alkyl or cyclic N) is 1. The van der Waals surface area contributed by atoms with Gasteiger partial charge in [-0.1, -0.05) is 42.5 Å². The number of rotatable bonds is 3. The highest BCUT2D eigenvalue weighted by molar-refractivity contribution is 5.83. The van der Waals surface area contributed by atoms with Gasteiger partial charge in [0.05, 0.1) is 12.6 Å². The first-order chi connectivity index (χ1) is 12.7. The second kappa shape index (κ2) is 7.74. The number of hydrogen-bond acceptors (Lipinski definition) is 4. The van der Waals surface area contributed by atoms with E-state index in [-0.39, 0.29) is 11.8 Å². The van der Waals surface area contributed by atoms with Crippen LogP contribution in [0.2, 0.25) is 0 Å². The van der Waals surface area contributed by atoms with Gasteiger partial charge in [0, 0.05) is 45.2 Å². The van der Waals surface area contributed by atoms with Gasteiger partial charge in [-0.2, -0.15) is 0 Å². The van der Waals surface area contributed by atoms with Crippen molar-refractivity contribution in [3.63, 3.8) is 0 Å². The molecule has 2 aliphatic rings. The van der Waals surface area contributed by atoms with Crippen LogP contribution in [0, 0.1) is 0 Å². The van der Waals surface area contributed by atoms with Crippen molar-refractivity contribution in [2.45, 2.75) is 18.4 Å². The highest BCUT2D eigenvalue weighted by Gasteiger charge is 2.31. The fourth-order valence-corrected chi connectivity index (χ4v) is 4.15. The molecule has 2 unspecified atom stereocenters. The van der Waals surface area contributed by atoms with E-state index >= 15 is 0 Å². The van der Waals surface area contributed by atoms with Gasteiger partial charge >= 0.3 is 0 Å². The second-order valence-corrected chi connectivity index (χ2v) is 7.44. The van der Waals surface area contributed by atoms with Gasteiger partial charge in [-0.05, 0) is 22.8 Å². The first-order valence-electron chi connectivity index (χ1n) is 9.58. The monoisotopic (exact) mass is 353 g/mol. The molecule has 0 aromatic heterocycles. The molecule has 5 nitrogen and oxygen atoms in total. The summed E-state index contributed by atoms with van der Waals surface area (Å²) in [6.07, 6.45) is 0.309. The minimum atomic E-state index is -0.503. The third-order valence-corrected chi connectivity index (χ3v) is 5.70. The molecule has 2 fully saturated rings. The molecule has 2 saturated heterocycles. The number of carbonyl (C=O) groups is 1. The molecule has 0 radical (unpaired) electrons. The lowest BCUT2D eigenvalue weighted by Gasteiger charge is -2.37. The van der Waals surface area contributed by atoms with Crippen LogP contribution < -0.4 is 5.32 Å². The van der Waals surface area contributed by atoms with Crippen LogP contribution in [0.1, 0.15) is 17.9 Å². The number of fused-ring (bicyclic) bond motifs is 1. The molecule has 2 atom stereocenters. The molecule has 138 valence electrons. The lowest BCUT2D eigenvalue weighted by atomic mass is 9.86. The van der Waals surface area contributed by atoms with E-state index in [1.54, 1.807) is 0 Å². The van der Waals surface area contributed by atoms with Gasteiger partial charge in [0.15, 0.2) is 0 Å². The van der Waals surface area contributed by atoms with Crippen LogP contribution in [0.15, 0.2) is 42.5 Å². The summed E-state index contributed by atoms with van der Waals surface area (Å²) in [5.41, 5.74) is 1.17. The van der Waals surface area contributed by atoms with E-state index in [9.17, 15) is 9.90 Å². The van der Waals surface area contributed by atoms with Crippen LogP contribution >= 0.6 is 0 Å². The number of piperidine rings is 1. The summed E-state index contributed by atoms with van der Waals surface area (Å²) in [7, 11) is 0. The van der Waals surface area contributed by atoms with Gasteiger partial charge in [-0.3, -0.25) is 9.69 Å². The molecule has 2 aliphatic heterocycles. The highest BCUT2D eigenvalue weighted by atomic mass is 16.3. The number of benzene rings is 2. The maximum absolute atomic E-state index is 12.6. The molecule has 0 saturated carbocycles. The fraction of sp³-hybridized carbons (Fsp3) is 0.476. The lowest BCUT2D eigenvalue weighted by molar-refractivity contribution is -0.136. The van der Waals surface area contributed by atoms with Crippen molar-refractivity contribution in [1.82, 2.24) is 15.1 Å². The van der Waals surface area contributed by atoms with E-state index in [2.05, 4.69) is 40.5 Å². The van der Waals surface area contributed by atoms with E-state index < -0.39 is 6.10 Å². The number of aliphatic hydroxyl groups excluding tert-OH is 1. The molecule has 2 heterocycles. The SMILES string of the molecule is O=C(CN1CCNCC1)N1CCC(c2ccc3ccccc3c2)C(O)C1. The predicted octanol–water partition coefficient (Wildman–Crippen LogP) is 1.42. The van der Waals surface area contributed by atoms with Gasteiger partial charge in [0.2, 0.25) is 5.91 Å². The van der Waals surface area contributed by atoms with Gasteiger partial charge in [0.25, 0.3) is 0 Å². The van der Waals surface area contributed by atoms with E-state index in [1.165, 1.54) is 16.3 Å². The maximum atomic E-state index is 12.6. The summed E-state index contributed by atoms with van der Waals surface area (Å²) >= 11 is 0. The standard InChI is InChI=1S/C21H27N3O2/c25-20-14-24(21(26)15-23-11-8-22-9-12-23)10-7-19(20)18-6-5-16-3-1-2-4-17(16)13-18/h1-6,13,19-20,22,25H,7-12,14-15H2. The third-order valence-electron chi connectivity index (χ3n) is 5.70. The summed E-state index contributed by atoms with van der Waals surface area (Å²) in [5, 5.41) is 16.4. The van der Waals surface area contributed by atoms with Crippen molar-refractivity contribution < 1.29 is 9.90 Å². The number of likely N-dealkylation sites (tertiary alicyclic amines) is 1. The Morgan fingerprint density at radius 1 is 1.08 bits per heavy atom. The first-order valence-corrected chi connectivity index (χ1v) is 9.58. The quantitative estimate of drug-likeness (QED) is 0.876. The smallest absolute Gasteiger partial charge is 0.236 e. The Labute approximate surface area is 154 Å². The topological polar surface area (TPSA) is 55.8 Å². The minimum absolute atomic E-state index is 0.0999. The summed E-state index contributed by atoms with van der Waals surface area (Å²) in [5.74, 6) is 0.241. The molecule has 5 heteroatoms. The zero-order chi connectivity index (χ0) is 17.9. The molecular weight excluding hydrogens is 326 g/mol. The first kappa shape index (κ1) is 17.5. The van der Waals surface area contributed by atoms with Crippen molar-refractivity contribution in [3.05, 3.63) is 48.0 Å². The molecule has 1 amide bonds. The van der Waals surface area contributed by atoms with Crippen LogP contribution in [0.3, 0.4) is 0 Å². The minimum Gasteiger partial charge on any atom is -0.391 e. The molecule has 2 aromatic carbocycles. The van der Waals surface area contributed by atoms with E-state index in [1.807, 2.05) is 17.0 Å². The van der Waals surface area contributed by atoms with Gasteiger partial charge in [0.1, 0.15) is 0 Å². The Hall–Kier alpha value is -1.95. The number of nitrogens with one attached hydrogen (secondary N) is 1. The average molecular weight is 353 g/mol. The number of amides is 1. The van der Waals surface area contributed by atoms with Crippen LogP contribution in [-0.4, -0.2) is 72.7 Å². The van der Waals surface area contributed by atoms with Crippen molar-refractivity contribution in [2.24, 2.45) is 0 Å².